The third kappa shape index (κ3) is 7.33. The number of piperazine rings is 1. The Bertz CT molecular complexity index is 1010. The minimum Gasteiger partial charge on any atom is -0.467 e. The van der Waals surface area contributed by atoms with Crippen molar-refractivity contribution in [3.05, 3.63) is 71.8 Å². The van der Waals surface area contributed by atoms with Crippen LogP contribution in [0.25, 0.3) is 0 Å². The first kappa shape index (κ1) is 29.1. The van der Waals surface area contributed by atoms with Crippen molar-refractivity contribution in [3.8, 4) is 0 Å². The van der Waals surface area contributed by atoms with Crippen LogP contribution in [0.4, 0.5) is 4.79 Å². The Hall–Kier alpha value is -3.43. The van der Waals surface area contributed by atoms with Gasteiger partial charge in [-0.1, -0.05) is 60.7 Å². The molecule has 0 radical (unpaired) electrons. The van der Waals surface area contributed by atoms with Crippen LogP contribution in [0.2, 0.25) is 0 Å². The summed E-state index contributed by atoms with van der Waals surface area (Å²) in [5.41, 5.74) is -0.248. The van der Waals surface area contributed by atoms with Crippen molar-refractivity contribution < 1.29 is 28.6 Å². The minimum atomic E-state index is -1.72. The Balaban J connectivity index is 1.92. The van der Waals surface area contributed by atoms with Gasteiger partial charge in [-0.05, 0) is 31.9 Å². The molecule has 206 valence electrons. The Kier molecular flexibility index (Phi) is 9.88. The number of carbonyl (C=O) groups is 3. The summed E-state index contributed by atoms with van der Waals surface area (Å²) in [5.74, 6) is -1.39. The third-order valence-corrected chi connectivity index (χ3v) is 6.47. The number of benzene rings is 2. The Morgan fingerprint density at radius 3 is 1.61 bits per heavy atom. The molecule has 1 fully saturated rings. The molecule has 1 heterocycles. The van der Waals surface area contributed by atoms with Gasteiger partial charge in [-0.2, -0.15) is 0 Å². The van der Waals surface area contributed by atoms with Gasteiger partial charge in [0, 0.05) is 45.8 Å². The molecular formula is C29H39N3O6. The van der Waals surface area contributed by atoms with E-state index in [-0.39, 0.29) is 19.6 Å². The second-order valence-corrected chi connectivity index (χ2v) is 10.4. The molecule has 0 aliphatic carbocycles. The standard InChI is InChI=1S/C29H39N3O6/c1-28(2,3)38-27(35)31-16-18-32(19-17-31)29(25(33)36-4,26(34)37-5)22-30(20-23-12-8-6-9-13-23)21-24-14-10-7-11-15-24/h6-15H,16-22H2,1-5H3. The van der Waals surface area contributed by atoms with Gasteiger partial charge >= 0.3 is 18.0 Å². The van der Waals surface area contributed by atoms with E-state index in [0.717, 1.165) is 11.1 Å². The molecule has 0 spiro atoms. The lowest BCUT2D eigenvalue weighted by molar-refractivity contribution is -0.176. The summed E-state index contributed by atoms with van der Waals surface area (Å²) in [7, 11) is 2.55. The molecule has 9 nitrogen and oxygen atoms in total. The highest BCUT2D eigenvalue weighted by atomic mass is 16.6. The van der Waals surface area contributed by atoms with Crippen LogP contribution in [0.1, 0.15) is 31.9 Å². The monoisotopic (exact) mass is 525 g/mol. The molecule has 1 aliphatic heterocycles. The van der Waals surface area contributed by atoms with Gasteiger partial charge in [0.15, 0.2) is 0 Å². The molecule has 0 N–H and O–H groups in total. The van der Waals surface area contributed by atoms with Crippen molar-refractivity contribution in [3.63, 3.8) is 0 Å². The van der Waals surface area contributed by atoms with Crippen molar-refractivity contribution in [2.75, 3.05) is 46.9 Å². The minimum absolute atomic E-state index is 0.0442. The van der Waals surface area contributed by atoms with Crippen molar-refractivity contribution >= 4 is 18.0 Å². The fourth-order valence-corrected chi connectivity index (χ4v) is 4.68. The van der Waals surface area contributed by atoms with Gasteiger partial charge in [0.25, 0.3) is 0 Å². The first-order valence-electron chi connectivity index (χ1n) is 12.8. The second kappa shape index (κ2) is 12.9. The summed E-state index contributed by atoms with van der Waals surface area (Å²) in [5, 5.41) is 0. The van der Waals surface area contributed by atoms with Crippen LogP contribution in [-0.2, 0) is 36.9 Å². The number of carbonyl (C=O) groups excluding carboxylic acids is 3. The molecule has 0 aromatic heterocycles. The smallest absolute Gasteiger partial charge is 0.410 e. The summed E-state index contributed by atoms with van der Waals surface area (Å²) in [6, 6.07) is 19.8. The number of esters is 2. The Labute approximate surface area is 225 Å². The molecule has 38 heavy (non-hydrogen) atoms. The van der Waals surface area contributed by atoms with Gasteiger partial charge in [-0.15, -0.1) is 0 Å². The van der Waals surface area contributed by atoms with Gasteiger partial charge < -0.3 is 19.1 Å². The van der Waals surface area contributed by atoms with E-state index >= 15 is 0 Å². The summed E-state index contributed by atoms with van der Waals surface area (Å²) >= 11 is 0. The zero-order valence-electron chi connectivity index (χ0n) is 23.0. The van der Waals surface area contributed by atoms with E-state index in [1.165, 1.54) is 14.2 Å². The zero-order chi connectivity index (χ0) is 27.8. The number of methoxy groups -OCH3 is 2. The summed E-state index contributed by atoms with van der Waals surface area (Å²) in [4.78, 5) is 45.0. The SMILES string of the molecule is COC(=O)C(CN(Cc1ccccc1)Cc1ccccc1)(C(=O)OC)N1CCN(C(=O)OC(C)(C)C)CC1. The quantitative estimate of drug-likeness (QED) is 0.280. The molecular weight excluding hydrogens is 486 g/mol. The number of hydrogen-bond acceptors (Lipinski definition) is 8. The van der Waals surface area contributed by atoms with E-state index in [2.05, 4.69) is 4.90 Å². The van der Waals surface area contributed by atoms with Crippen LogP contribution < -0.4 is 0 Å². The van der Waals surface area contributed by atoms with Crippen molar-refractivity contribution in [1.82, 2.24) is 14.7 Å². The molecule has 0 atom stereocenters. The molecule has 0 bridgehead atoms. The number of hydrogen-bond donors (Lipinski definition) is 0. The average molecular weight is 526 g/mol. The predicted molar refractivity (Wildman–Crippen MR) is 143 cm³/mol. The summed E-state index contributed by atoms with van der Waals surface area (Å²) in [6.07, 6.45) is -0.423. The molecule has 2 aromatic carbocycles. The van der Waals surface area contributed by atoms with Gasteiger partial charge in [0.2, 0.25) is 5.54 Å². The van der Waals surface area contributed by atoms with E-state index in [0.29, 0.717) is 26.2 Å². The Morgan fingerprint density at radius 2 is 1.21 bits per heavy atom. The highest BCUT2D eigenvalue weighted by Crippen LogP contribution is 2.26. The first-order chi connectivity index (χ1) is 18.1. The molecule has 2 aromatic rings. The first-order valence-corrected chi connectivity index (χ1v) is 12.8. The Morgan fingerprint density at radius 1 is 0.763 bits per heavy atom. The molecule has 1 saturated heterocycles. The predicted octanol–water partition coefficient (Wildman–Crippen LogP) is 3.33. The average Bonchev–Trinajstić information content (AvgIpc) is 2.91. The van der Waals surface area contributed by atoms with Gasteiger partial charge in [-0.3, -0.25) is 9.80 Å². The highest BCUT2D eigenvalue weighted by molar-refractivity contribution is 6.05. The fraction of sp³-hybridized carbons (Fsp3) is 0.483. The van der Waals surface area contributed by atoms with Gasteiger partial charge in [0.05, 0.1) is 14.2 Å². The lowest BCUT2D eigenvalue weighted by atomic mass is 9.94. The van der Waals surface area contributed by atoms with Crippen molar-refractivity contribution in [2.24, 2.45) is 0 Å². The summed E-state index contributed by atoms with van der Waals surface area (Å²) < 4.78 is 15.9. The van der Waals surface area contributed by atoms with Crippen LogP contribution in [0.15, 0.2) is 60.7 Å². The van der Waals surface area contributed by atoms with E-state index in [4.69, 9.17) is 14.2 Å². The van der Waals surface area contributed by atoms with Crippen LogP contribution in [0.3, 0.4) is 0 Å². The van der Waals surface area contributed by atoms with E-state index in [1.807, 2.05) is 81.4 Å². The topological polar surface area (TPSA) is 88.6 Å². The number of rotatable bonds is 9. The molecule has 3 rings (SSSR count). The maximum Gasteiger partial charge on any atom is 0.410 e. The van der Waals surface area contributed by atoms with E-state index in [1.54, 1.807) is 9.80 Å². The van der Waals surface area contributed by atoms with Crippen LogP contribution in [-0.4, -0.2) is 90.8 Å². The van der Waals surface area contributed by atoms with E-state index < -0.39 is 29.2 Å². The van der Waals surface area contributed by atoms with Crippen LogP contribution in [0.5, 0.6) is 0 Å². The summed E-state index contributed by atoms with van der Waals surface area (Å²) in [6.45, 7) is 7.62. The fourth-order valence-electron chi connectivity index (χ4n) is 4.68. The zero-order valence-corrected chi connectivity index (χ0v) is 23.0. The molecule has 0 unspecified atom stereocenters. The van der Waals surface area contributed by atoms with Gasteiger partial charge in [-0.25, -0.2) is 14.4 Å². The van der Waals surface area contributed by atoms with Crippen molar-refractivity contribution in [2.45, 2.75) is 45.0 Å². The molecule has 0 saturated carbocycles. The number of amides is 1. The van der Waals surface area contributed by atoms with Crippen LogP contribution >= 0.6 is 0 Å². The third-order valence-electron chi connectivity index (χ3n) is 6.47. The highest BCUT2D eigenvalue weighted by Gasteiger charge is 2.55. The van der Waals surface area contributed by atoms with E-state index in [9.17, 15) is 14.4 Å². The van der Waals surface area contributed by atoms with Crippen LogP contribution in [0, 0.1) is 0 Å². The molecule has 1 amide bonds. The maximum atomic E-state index is 13.5. The normalized spacial score (nSPS) is 14.7. The largest absolute Gasteiger partial charge is 0.467 e. The molecule has 1 aliphatic rings. The van der Waals surface area contributed by atoms with Gasteiger partial charge in [0.1, 0.15) is 5.60 Å². The lowest BCUT2D eigenvalue weighted by Crippen LogP contribution is -2.69. The number of ether oxygens (including phenoxy) is 3. The number of nitrogens with zero attached hydrogens (tertiary/aromatic N) is 3. The maximum absolute atomic E-state index is 13.5. The second-order valence-electron chi connectivity index (χ2n) is 10.4. The molecule has 9 heteroatoms. The van der Waals surface area contributed by atoms with Crippen molar-refractivity contribution in [1.29, 1.82) is 0 Å². The lowest BCUT2D eigenvalue weighted by Gasteiger charge is -2.45.